The van der Waals surface area contributed by atoms with Crippen molar-refractivity contribution in [2.24, 2.45) is 0 Å². The Morgan fingerprint density at radius 2 is 1.83 bits per heavy atom. The first kappa shape index (κ1) is 26.9. The number of rotatable bonds is 11. The Labute approximate surface area is 212 Å². The lowest BCUT2D eigenvalue weighted by Crippen LogP contribution is -2.46. The van der Waals surface area contributed by atoms with Crippen molar-refractivity contribution in [2.75, 3.05) is 13.2 Å². The van der Waals surface area contributed by atoms with Crippen LogP contribution in [0.1, 0.15) is 53.9 Å². The first-order valence-electron chi connectivity index (χ1n) is 11.8. The van der Waals surface area contributed by atoms with Gasteiger partial charge in [-0.25, -0.2) is 4.79 Å². The molecule has 0 aliphatic carbocycles. The second kappa shape index (κ2) is 11.8. The van der Waals surface area contributed by atoms with E-state index < -0.39 is 12.1 Å². The Balaban J connectivity index is 1.59. The van der Waals surface area contributed by atoms with Gasteiger partial charge in [0.25, 0.3) is 0 Å². The molecule has 0 aliphatic rings. The monoisotopic (exact) mass is 495 g/mol. The van der Waals surface area contributed by atoms with Crippen LogP contribution < -0.4 is 5.32 Å². The lowest BCUT2D eigenvalue weighted by atomic mass is 9.94. The molecule has 0 aromatic heterocycles. The Morgan fingerprint density at radius 3 is 2.51 bits per heavy atom. The molecule has 5 nitrogen and oxygen atoms in total. The average molecular weight is 496 g/mol. The molecule has 0 spiro atoms. The maximum Gasteiger partial charge on any atom is 0.335 e. The van der Waals surface area contributed by atoms with Crippen molar-refractivity contribution in [3.8, 4) is 11.1 Å². The predicted molar refractivity (Wildman–Crippen MR) is 141 cm³/mol. The van der Waals surface area contributed by atoms with Gasteiger partial charge in [0.1, 0.15) is 0 Å². The molecule has 35 heavy (non-hydrogen) atoms. The van der Waals surface area contributed by atoms with Crippen LogP contribution in [0.2, 0.25) is 5.02 Å². The molecule has 3 N–H and O–H groups in total. The van der Waals surface area contributed by atoms with Gasteiger partial charge >= 0.3 is 5.97 Å². The Hall–Kier alpha value is -2.70. The van der Waals surface area contributed by atoms with Crippen LogP contribution in [0.15, 0.2) is 66.7 Å². The number of carbonyl (C=O) groups is 1. The van der Waals surface area contributed by atoms with E-state index in [1.807, 2.05) is 67.6 Å². The number of nitrogens with one attached hydrogen (secondary N) is 1. The fourth-order valence-corrected chi connectivity index (χ4v) is 4.42. The second-order valence-corrected chi connectivity index (χ2v) is 10.1. The summed E-state index contributed by atoms with van der Waals surface area (Å²) in [5.74, 6) is -0.933. The van der Waals surface area contributed by atoms with Crippen molar-refractivity contribution in [2.45, 2.75) is 51.9 Å². The highest BCUT2D eigenvalue weighted by molar-refractivity contribution is 6.30. The van der Waals surface area contributed by atoms with Crippen molar-refractivity contribution in [1.29, 1.82) is 0 Å². The van der Waals surface area contributed by atoms with Crippen LogP contribution in [0.25, 0.3) is 11.1 Å². The van der Waals surface area contributed by atoms with Gasteiger partial charge in [-0.15, -0.1) is 0 Å². The summed E-state index contributed by atoms with van der Waals surface area (Å²) in [6.07, 6.45) is -0.134. The smallest absolute Gasteiger partial charge is 0.335 e. The first-order valence-corrected chi connectivity index (χ1v) is 12.2. The minimum absolute atomic E-state index is 0.187. The van der Waals surface area contributed by atoms with Crippen molar-refractivity contribution in [3.05, 3.63) is 94.0 Å². The fourth-order valence-electron chi connectivity index (χ4n) is 4.20. The number of carboxylic acids is 1. The maximum absolute atomic E-state index is 11.4. The van der Waals surface area contributed by atoms with E-state index in [0.29, 0.717) is 22.7 Å². The van der Waals surface area contributed by atoms with Crippen LogP contribution in [0.4, 0.5) is 0 Å². The summed E-state index contributed by atoms with van der Waals surface area (Å²) in [4.78, 5) is 11.4. The normalized spacial score (nSPS) is 13.4. The molecule has 0 fully saturated rings. The number of aliphatic hydroxyl groups is 1. The van der Waals surface area contributed by atoms with E-state index in [2.05, 4.69) is 19.2 Å². The molecule has 0 saturated heterocycles. The van der Waals surface area contributed by atoms with Crippen LogP contribution in [0, 0.1) is 6.92 Å². The molecule has 2 unspecified atom stereocenters. The summed E-state index contributed by atoms with van der Waals surface area (Å²) in [6, 6.07) is 21.1. The number of carboxylic acid groups (broad SMARTS) is 1. The topological polar surface area (TPSA) is 78.8 Å². The molecule has 6 heteroatoms. The van der Waals surface area contributed by atoms with Crippen LogP contribution >= 0.6 is 11.6 Å². The van der Waals surface area contributed by atoms with Crippen LogP contribution in [-0.4, -0.2) is 41.0 Å². The summed E-state index contributed by atoms with van der Waals surface area (Å²) in [7, 11) is 0. The number of aliphatic hydroxyl groups excluding tert-OH is 1. The highest BCUT2D eigenvalue weighted by Crippen LogP contribution is 2.31. The summed E-state index contributed by atoms with van der Waals surface area (Å²) in [5.41, 5.74) is 4.82. The fraction of sp³-hybridized carbons (Fsp3) is 0.345. The van der Waals surface area contributed by atoms with Gasteiger partial charge in [-0.1, -0.05) is 60.1 Å². The van der Waals surface area contributed by atoms with E-state index in [0.717, 1.165) is 28.7 Å². The standard InChI is InChI=1S/C29H34ClNO4/c1-19-14-22(12-13-25(19)28(33)34)27-11-6-5-10-26(27)20(2)35-18-24(32)17-31-29(3,4)16-21-8-7-9-23(30)15-21/h5-15,20,24,31-32H,16-18H2,1-4H3,(H,33,34). The van der Waals surface area contributed by atoms with E-state index in [1.165, 1.54) is 0 Å². The first-order chi connectivity index (χ1) is 16.6. The van der Waals surface area contributed by atoms with Gasteiger partial charge in [0.05, 0.1) is 24.4 Å². The minimum atomic E-state index is -0.933. The zero-order valence-corrected chi connectivity index (χ0v) is 21.5. The number of aryl methyl sites for hydroxylation is 1. The van der Waals surface area contributed by atoms with Gasteiger partial charge in [0.2, 0.25) is 0 Å². The lowest BCUT2D eigenvalue weighted by molar-refractivity contribution is -0.00397. The molecule has 3 aromatic rings. The largest absolute Gasteiger partial charge is 0.478 e. The zero-order valence-electron chi connectivity index (χ0n) is 20.7. The van der Waals surface area contributed by atoms with Gasteiger partial charge < -0.3 is 20.3 Å². The van der Waals surface area contributed by atoms with E-state index >= 15 is 0 Å². The Morgan fingerprint density at radius 1 is 1.09 bits per heavy atom. The minimum Gasteiger partial charge on any atom is -0.478 e. The van der Waals surface area contributed by atoms with Crippen molar-refractivity contribution in [3.63, 3.8) is 0 Å². The molecule has 2 atom stereocenters. The van der Waals surface area contributed by atoms with E-state index in [4.69, 9.17) is 16.3 Å². The average Bonchev–Trinajstić information content (AvgIpc) is 2.80. The molecule has 0 heterocycles. The molecule has 0 saturated carbocycles. The number of benzene rings is 3. The Bertz CT molecular complexity index is 1160. The number of hydrogen-bond donors (Lipinski definition) is 3. The highest BCUT2D eigenvalue weighted by atomic mass is 35.5. The van der Waals surface area contributed by atoms with E-state index in [-0.39, 0.29) is 18.2 Å². The third-order valence-electron chi connectivity index (χ3n) is 6.06. The SMILES string of the molecule is Cc1cc(-c2ccccc2C(C)OCC(O)CNC(C)(C)Cc2cccc(Cl)c2)ccc1C(=O)O. The van der Waals surface area contributed by atoms with Gasteiger partial charge in [-0.05, 0) is 80.1 Å². The third-order valence-corrected chi connectivity index (χ3v) is 6.29. The predicted octanol–water partition coefficient (Wildman–Crippen LogP) is 6.06. The maximum atomic E-state index is 11.4. The lowest BCUT2D eigenvalue weighted by Gasteiger charge is -2.28. The highest BCUT2D eigenvalue weighted by Gasteiger charge is 2.21. The molecule has 0 radical (unpaired) electrons. The molecular formula is C29H34ClNO4. The van der Waals surface area contributed by atoms with Crippen LogP contribution in [0.5, 0.6) is 0 Å². The van der Waals surface area contributed by atoms with Gasteiger partial charge in [0.15, 0.2) is 0 Å². The number of ether oxygens (including phenoxy) is 1. The van der Waals surface area contributed by atoms with Gasteiger partial charge in [-0.2, -0.15) is 0 Å². The molecule has 0 amide bonds. The van der Waals surface area contributed by atoms with Gasteiger partial charge in [-0.3, -0.25) is 0 Å². The summed E-state index contributed by atoms with van der Waals surface area (Å²) < 4.78 is 6.04. The van der Waals surface area contributed by atoms with Crippen LogP contribution in [-0.2, 0) is 11.2 Å². The quantitative estimate of drug-likeness (QED) is 0.301. The van der Waals surface area contributed by atoms with Crippen LogP contribution in [0.3, 0.4) is 0 Å². The molecule has 3 aromatic carbocycles. The molecule has 3 rings (SSSR count). The van der Waals surface area contributed by atoms with Crippen molar-refractivity contribution < 1.29 is 19.7 Å². The zero-order chi connectivity index (χ0) is 25.6. The van der Waals surface area contributed by atoms with Crippen molar-refractivity contribution in [1.82, 2.24) is 5.32 Å². The summed E-state index contributed by atoms with van der Waals surface area (Å²) in [6.45, 7) is 8.54. The van der Waals surface area contributed by atoms with E-state index in [9.17, 15) is 15.0 Å². The third kappa shape index (κ3) is 7.64. The molecule has 186 valence electrons. The molecule has 0 bridgehead atoms. The summed E-state index contributed by atoms with van der Waals surface area (Å²) in [5, 5.41) is 24.0. The Kier molecular flexibility index (Phi) is 9.09. The van der Waals surface area contributed by atoms with Gasteiger partial charge in [0, 0.05) is 17.1 Å². The number of β-amino-alcohol motifs (C(OH)–C–C–N with tert-alkyl or cyclic N) is 1. The van der Waals surface area contributed by atoms with E-state index in [1.54, 1.807) is 13.0 Å². The van der Waals surface area contributed by atoms with Crippen molar-refractivity contribution >= 4 is 17.6 Å². The molecular weight excluding hydrogens is 462 g/mol. The summed E-state index contributed by atoms with van der Waals surface area (Å²) >= 11 is 6.10. The number of halogens is 1. The molecule has 0 aliphatic heterocycles. The number of hydrogen-bond acceptors (Lipinski definition) is 4. The second-order valence-electron chi connectivity index (χ2n) is 9.62. The number of aromatic carboxylic acids is 1.